The third-order valence-corrected chi connectivity index (χ3v) is 2.80. The highest BCUT2D eigenvalue weighted by Crippen LogP contribution is 1.96. The number of nitrogens with zero attached hydrogens (tertiary/aromatic N) is 2. The first-order valence-corrected chi connectivity index (χ1v) is 5.81. The number of likely N-dealkylation sites (N-methyl/N-ethyl adjacent to an activating group) is 1. The minimum absolute atomic E-state index is 0.618. The molecule has 8 heteroatoms. The van der Waals surface area contributed by atoms with E-state index in [0.29, 0.717) is 13.1 Å². The second kappa shape index (κ2) is 6.53. The van der Waals surface area contributed by atoms with E-state index in [-0.39, 0.29) is 0 Å². The summed E-state index contributed by atoms with van der Waals surface area (Å²) < 4.78 is 0. The summed E-state index contributed by atoms with van der Waals surface area (Å²) in [7, 11) is 1.99. The zero-order valence-corrected chi connectivity index (χ0v) is 10.6. The Labute approximate surface area is 106 Å². The van der Waals surface area contributed by atoms with Crippen molar-refractivity contribution in [3.8, 4) is 0 Å². The summed E-state index contributed by atoms with van der Waals surface area (Å²) in [5, 5.41) is 22.0. The average molecular weight is 260 g/mol. The molecule has 0 bridgehead atoms. The van der Waals surface area contributed by atoms with Crippen LogP contribution in [0.1, 0.15) is 6.92 Å². The first kappa shape index (κ1) is 14.7. The normalized spacial score (nSPS) is 21.1. The van der Waals surface area contributed by atoms with Gasteiger partial charge in [0.25, 0.3) is 0 Å². The van der Waals surface area contributed by atoms with Gasteiger partial charge in [-0.25, -0.2) is 14.6 Å². The van der Waals surface area contributed by atoms with Gasteiger partial charge in [-0.1, -0.05) is 0 Å². The number of rotatable bonds is 4. The van der Waals surface area contributed by atoms with Crippen molar-refractivity contribution in [2.45, 2.75) is 19.1 Å². The number of urea groups is 1. The van der Waals surface area contributed by atoms with E-state index in [1.807, 2.05) is 7.05 Å². The van der Waals surface area contributed by atoms with Crippen LogP contribution in [0.2, 0.25) is 0 Å². The number of hydrogen-bond donors (Lipinski definition) is 4. The van der Waals surface area contributed by atoms with Crippen LogP contribution < -0.4 is 10.7 Å². The van der Waals surface area contributed by atoms with Gasteiger partial charge in [0, 0.05) is 26.2 Å². The number of carbonyl (C=O) groups is 2. The summed E-state index contributed by atoms with van der Waals surface area (Å²) in [5.74, 6) is -1.27. The summed E-state index contributed by atoms with van der Waals surface area (Å²) in [6.07, 6.45) is -1.15. The van der Waals surface area contributed by atoms with Crippen LogP contribution >= 0.6 is 0 Å². The Kier molecular flexibility index (Phi) is 5.32. The molecule has 0 aromatic carbocycles. The molecule has 2 unspecified atom stereocenters. The van der Waals surface area contributed by atoms with Crippen molar-refractivity contribution >= 4 is 12.0 Å². The Balaban J connectivity index is 2.38. The number of amides is 2. The largest absolute Gasteiger partial charge is 0.480 e. The van der Waals surface area contributed by atoms with Crippen molar-refractivity contribution in [3.63, 3.8) is 0 Å². The van der Waals surface area contributed by atoms with Crippen LogP contribution in [0, 0.1) is 0 Å². The number of aliphatic carboxylic acids is 1. The molecule has 0 aliphatic carbocycles. The van der Waals surface area contributed by atoms with Gasteiger partial charge in [-0.05, 0) is 14.0 Å². The van der Waals surface area contributed by atoms with E-state index in [4.69, 9.17) is 5.11 Å². The molecule has 18 heavy (non-hydrogen) atoms. The standard InChI is InChI=1S/C10H20N4O4/c1-7(15)8(9(16)17)11-10(18)12-14-5-3-13(2)4-6-14/h7-8,15H,3-6H2,1-2H3,(H,16,17)(H2,11,12,18). The van der Waals surface area contributed by atoms with Crippen molar-refractivity contribution in [3.05, 3.63) is 0 Å². The molecular formula is C10H20N4O4. The first-order chi connectivity index (χ1) is 8.40. The fourth-order valence-corrected chi connectivity index (χ4v) is 1.62. The van der Waals surface area contributed by atoms with Gasteiger partial charge in [0.05, 0.1) is 6.10 Å². The number of hydrogen-bond acceptors (Lipinski definition) is 5. The lowest BCUT2D eigenvalue weighted by Gasteiger charge is -2.32. The summed E-state index contributed by atoms with van der Waals surface area (Å²) in [6, 6.07) is -1.93. The maximum atomic E-state index is 11.6. The number of carboxylic acid groups (broad SMARTS) is 1. The van der Waals surface area contributed by atoms with E-state index in [1.165, 1.54) is 6.92 Å². The Morgan fingerprint density at radius 2 is 1.78 bits per heavy atom. The second-order valence-electron chi connectivity index (χ2n) is 4.43. The van der Waals surface area contributed by atoms with Gasteiger partial charge in [-0.3, -0.25) is 5.43 Å². The van der Waals surface area contributed by atoms with E-state index in [1.54, 1.807) is 5.01 Å². The molecule has 1 saturated heterocycles. The molecule has 0 saturated carbocycles. The molecule has 1 aliphatic heterocycles. The molecule has 2 amide bonds. The van der Waals surface area contributed by atoms with Crippen LogP contribution in [0.3, 0.4) is 0 Å². The van der Waals surface area contributed by atoms with Crippen molar-refractivity contribution in [1.82, 2.24) is 20.7 Å². The maximum absolute atomic E-state index is 11.6. The molecule has 1 rings (SSSR count). The molecule has 4 N–H and O–H groups in total. The quantitative estimate of drug-likeness (QED) is 0.479. The van der Waals surface area contributed by atoms with Gasteiger partial charge in [0.2, 0.25) is 0 Å². The van der Waals surface area contributed by atoms with Crippen LogP contribution in [0.4, 0.5) is 4.79 Å². The molecule has 1 aliphatic rings. The van der Waals surface area contributed by atoms with E-state index in [2.05, 4.69) is 15.6 Å². The Morgan fingerprint density at radius 1 is 1.22 bits per heavy atom. The molecule has 0 spiro atoms. The molecule has 0 aromatic rings. The Bertz CT molecular complexity index is 302. The minimum Gasteiger partial charge on any atom is -0.480 e. The highest BCUT2D eigenvalue weighted by molar-refractivity contribution is 5.82. The molecule has 104 valence electrons. The minimum atomic E-state index is -1.31. The van der Waals surface area contributed by atoms with Gasteiger partial charge in [0.15, 0.2) is 6.04 Å². The van der Waals surface area contributed by atoms with Crippen LogP contribution in [0.5, 0.6) is 0 Å². The third-order valence-electron chi connectivity index (χ3n) is 2.80. The predicted octanol–water partition coefficient (Wildman–Crippen LogP) is -1.72. The predicted molar refractivity (Wildman–Crippen MR) is 63.8 cm³/mol. The lowest BCUT2D eigenvalue weighted by atomic mass is 10.2. The van der Waals surface area contributed by atoms with Gasteiger partial charge >= 0.3 is 12.0 Å². The van der Waals surface area contributed by atoms with Crippen LogP contribution in [-0.4, -0.2) is 77.5 Å². The SMILES string of the molecule is CC(O)C(NC(=O)NN1CCN(C)CC1)C(=O)O. The Hall–Kier alpha value is -1.38. The monoisotopic (exact) mass is 260 g/mol. The molecule has 0 radical (unpaired) electrons. The number of carboxylic acids is 1. The smallest absolute Gasteiger partial charge is 0.330 e. The number of piperazine rings is 1. The van der Waals surface area contributed by atoms with Crippen molar-refractivity contribution in [1.29, 1.82) is 0 Å². The van der Waals surface area contributed by atoms with E-state index >= 15 is 0 Å². The molecule has 8 nitrogen and oxygen atoms in total. The summed E-state index contributed by atoms with van der Waals surface area (Å²) >= 11 is 0. The van der Waals surface area contributed by atoms with Gasteiger partial charge in [-0.15, -0.1) is 0 Å². The number of nitrogens with one attached hydrogen (secondary N) is 2. The zero-order chi connectivity index (χ0) is 13.7. The Morgan fingerprint density at radius 3 is 2.22 bits per heavy atom. The highest BCUT2D eigenvalue weighted by Gasteiger charge is 2.26. The highest BCUT2D eigenvalue weighted by atomic mass is 16.4. The number of aliphatic hydroxyl groups is 1. The van der Waals surface area contributed by atoms with Gasteiger partial charge in [-0.2, -0.15) is 0 Å². The second-order valence-corrected chi connectivity index (χ2v) is 4.43. The fourth-order valence-electron chi connectivity index (χ4n) is 1.62. The van der Waals surface area contributed by atoms with Crippen molar-refractivity contribution < 1.29 is 19.8 Å². The number of carbonyl (C=O) groups excluding carboxylic acids is 1. The van der Waals surface area contributed by atoms with Gasteiger partial charge in [0.1, 0.15) is 0 Å². The maximum Gasteiger partial charge on any atom is 0.330 e. The van der Waals surface area contributed by atoms with Crippen LogP contribution in [0.25, 0.3) is 0 Å². The summed E-state index contributed by atoms with van der Waals surface area (Å²) in [4.78, 5) is 24.5. The lowest BCUT2D eigenvalue weighted by molar-refractivity contribution is -0.141. The topological polar surface area (TPSA) is 105 Å². The van der Waals surface area contributed by atoms with E-state index in [9.17, 15) is 14.7 Å². The molecule has 1 fully saturated rings. The number of hydrazine groups is 1. The van der Waals surface area contributed by atoms with E-state index in [0.717, 1.165) is 13.1 Å². The van der Waals surface area contributed by atoms with E-state index < -0.39 is 24.1 Å². The van der Waals surface area contributed by atoms with Crippen molar-refractivity contribution in [2.24, 2.45) is 0 Å². The summed E-state index contributed by atoms with van der Waals surface area (Å²) in [6.45, 7) is 4.33. The molecular weight excluding hydrogens is 240 g/mol. The zero-order valence-electron chi connectivity index (χ0n) is 10.6. The fraction of sp³-hybridized carbons (Fsp3) is 0.800. The molecule has 2 atom stereocenters. The van der Waals surface area contributed by atoms with Crippen molar-refractivity contribution in [2.75, 3.05) is 33.2 Å². The number of aliphatic hydroxyl groups excluding tert-OH is 1. The van der Waals surface area contributed by atoms with Gasteiger partial charge < -0.3 is 20.4 Å². The first-order valence-electron chi connectivity index (χ1n) is 5.81. The summed E-state index contributed by atoms with van der Waals surface area (Å²) in [5.41, 5.74) is 2.56. The average Bonchev–Trinajstić information content (AvgIpc) is 2.28. The lowest BCUT2D eigenvalue weighted by Crippen LogP contribution is -2.58. The molecule has 1 heterocycles. The third kappa shape index (κ3) is 4.47. The van der Waals surface area contributed by atoms with Crippen LogP contribution in [-0.2, 0) is 4.79 Å². The van der Waals surface area contributed by atoms with Crippen LogP contribution in [0.15, 0.2) is 0 Å². The molecule has 0 aromatic heterocycles.